The zero-order valence-electron chi connectivity index (χ0n) is 9.73. The van der Waals surface area contributed by atoms with Gasteiger partial charge in [-0.05, 0) is 12.8 Å². The van der Waals surface area contributed by atoms with E-state index in [1.54, 1.807) is 0 Å². The van der Waals surface area contributed by atoms with Gasteiger partial charge < -0.3 is 10.4 Å². The highest BCUT2D eigenvalue weighted by Crippen LogP contribution is 2.02. The Hall–Kier alpha value is -1.69. The summed E-state index contributed by atoms with van der Waals surface area (Å²) in [7, 11) is 0. The maximum Gasteiger partial charge on any atom is 0.303 e. The fourth-order valence-electron chi connectivity index (χ4n) is 1.30. The summed E-state index contributed by atoms with van der Waals surface area (Å²) in [4.78, 5) is 29.4. The number of aromatic nitrogens is 2. The highest BCUT2D eigenvalue weighted by molar-refractivity contribution is 6.29. The van der Waals surface area contributed by atoms with Gasteiger partial charge in [-0.2, -0.15) is 0 Å². The van der Waals surface area contributed by atoms with Crippen molar-refractivity contribution in [2.75, 3.05) is 6.54 Å². The first-order chi connectivity index (χ1) is 8.59. The number of aliphatic carboxylic acids is 1. The predicted octanol–water partition coefficient (Wildman–Crippen LogP) is 1.50. The monoisotopic (exact) mass is 271 g/mol. The molecule has 0 aromatic carbocycles. The Morgan fingerprint density at radius 3 is 2.61 bits per heavy atom. The summed E-state index contributed by atoms with van der Waals surface area (Å²) in [6, 6.07) is 0. The van der Waals surface area contributed by atoms with Crippen LogP contribution in [0, 0.1) is 0 Å². The number of rotatable bonds is 7. The molecule has 2 N–H and O–H groups in total. The van der Waals surface area contributed by atoms with Crippen molar-refractivity contribution < 1.29 is 14.7 Å². The van der Waals surface area contributed by atoms with Gasteiger partial charge in [-0.3, -0.25) is 9.59 Å². The molecule has 1 rings (SSSR count). The summed E-state index contributed by atoms with van der Waals surface area (Å²) >= 11 is 5.55. The van der Waals surface area contributed by atoms with Crippen molar-refractivity contribution in [2.24, 2.45) is 0 Å². The summed E-state index contributed by atoms with van der Waals surface area (Å²) < 4.78 is 0. The molecule has 0 aliphatic rings. The van der Waals surface area contributed by atoms with Crippen LogP contribution in [-0.2, 0) is 4.79 Å². The van der Waals surface area contributed by atoms with Crippen LogP contribution in [0.25, 0.3) is 0 Å². The van der Waals surface area contributed by atoms with Gasteiger partial charge >= 0.3 is 5.97 Å². The summed E-state index contributed by atoms with van der Waals surface area (Å²) in [6.45, 7) is 0.489. The van der Waals surface area contributed by atoms with Crippen molar-refractivity contribution in [1.29, 1.82) is 0 Å². The quantitative estimate of drug-likeness (QED) is 0.733. The van der Waals surface area contributed by atoms with Gasteiger partial charge in [0.1, 0.15) is 10.8 Å². The smallest absolute Gasteiger partial charge is 0.303 e. The number of hydrogen-bond donors (Lipinski definition) is 2. The van der Waals surface area contributed by atoms with E-state index in [1.807, 2.05) is 0 Å². The summed E-state index contributed by atoms with van der Waals surface area (Å²) in [5.41, 5.74) is 0.213. The third kappa shape index (κ3) is 5.58. The second-order valence-electron chi connectivity index (χ2n) is 3.68. The lowest BCUT2D eigenvalue weighted by Crippen LogP contribution is -2.25. The Morgan fingerprint density at radius 1 is 1.22 bits per heavy atom. The van der Waals surface area contributed by atoms with Crippen LogP contribution in [0.15, 0.2) is 12.4 Å². The first-order valence-electron chi connectivity index (χ1n) is 5.57. The number of hydrogen-bond acceptors (Lipinski definition) is 4. The van der Waals surface area contributed by atoms with Gasteiger partial charge in [-0.15, -0.1) is 0 Å². The second kappa shape index (κ2) is 7.60. The zero-order valence-corrected chi connectivity index (χ0v) is 10.5. The molecule has 0 radical (unpaired) electrons. The molecule has 0 fully saturated rings. The molecule has 0 aliphatic carbocycles. The average molecular weight is 272 g/mol. The third-order valence-corrected chi connectivity index (χ3v) is 2.40. The van der Waals surface area contributed by atoms with Gasteiger partial charge in [0, 0.05) is 13.0 Å². The molecule has 7 heteroatoms. The van der Waals surface area contributed by atoms with E-state index in [-0.39, 0.29) is 23.2 Å². The van der Waals surface area contributed by atoms with Crippen molar-refractivity contribution in [3.05, 3.63) is 23.2 Å². The molecular formula is C11H14ClN3O3. The van der Waals surface area contributed by atoms with Crippen molar-refractivity contribution in [2.45, 2.75) is 25.7 Å². The molecule has 0 saturated carbocycles. The fourth-order valence-corrected chi connectivity index (χ4v) is 1.40. The highest BCUT2D eigenvalue weighted by Gasteiger charge is 2.06. The van der Waals surface area contributed by atoms with E-state index in [9.17, 15) is 9.59 Å². The topological polar surface area (TPSA) is 92.2 Å². The highest BCUT2D eigenvalue weighted by atomic mass is 35.5. The molecule has 0 saturated heterocycles. The van der Waals surface area contributed by atoms with E-state index in [1.165, 1.54) is 12.4 Å². The Bertz CT molecular complexity index is 408. The first-order valence-corrected chi connectivity index (χ1v) is 5.95. The normalized spacial score (nSPS) is 10.1. The van der Waals surface area contributed by atoms with Crippen LogP contribution in [0.1, 0.15) is 36.2 Å². The molecular weight excluding hydrogens is 258 g/mol. The maximum absolute atomic E-state index is 11.5. The van der Waals surface area contributed by atoms with Crippen LogP contribution in [0.2, 0.25) is 5.15 Å². The van der Waals surface area contributed by atoms with E-state index < -0.39 is 5.97 Å². The summed E-state index contributed by atoms with van der Waals surface area (Å²) in [5, 5.41) is 11.3. The number of carboxylic acids is 1. The van der Waals surface area contributed by atoms with Crippen LogP contribution in [-0.4, -0.2) is 33.5 Å². The minimum Gasteiger partial charge on any atom is -0.481 e. The van der Waals surface area contributed by atoms with E-state index in [0.29, 0.717) is 13.0 Å². The lowest BCUT2D eigenvalue weighted by molar-refractivity contribution is -0.137. The largest absolute Gasteiger partial charge is 0.481 e. The number of carbonyl (C=O) groups excluding carboxylic acids is 1. The van der Waals surface area contributed by atoms with Gasteiger partial charge in [0.05, 0.1) is 12.4 Å². The molecule has 0 atom stereocenters. The molecule has 1 aromatic heterocycles. The van der Waals surface area contributed by atoms with Crippen LogP contribution < -0.4 is 5.32 Å². The molecule has 0 unspecified atom stereocenters. The number of amides is 1. The number of carbonyl (C=O) groups is 2. The van der Waals surface area contributed by atoms with Crippen LogP contribution in [0.4, 0.5) is 0 Å². The maximum atomic E-state index is 11.5. The van der Waals surface area contributed by atoms with Crippen LogP contribution in [0.5, 0.6) is 0 Å². The fraction of sp³-hybridized carbons (Fsp3) is 0.455. The minimum atomic E-state index is -0.796. The second-order valence-corrected chi connectivity index (χ2v) is 4.07. The molecule has 18 heavy (non-hydrogen) atoms. The Kier molecular flexibility index (Phi) is 6.07. The molecule has 98 valence electrons. The Morgan fingerprint density at radius 2 is 2.00 bits per heavy atom. The lowest BCUT2D eigenvalue weighted by Gasteiger charge is -2.03. The predicted molar refractivity (Wildman–Crippen MR) is 65.5 cm³/mol. The van der Waals surface area contributed by atoms with Crippen molar-refractivity contribution >= 4 is 23.5 Å². The summed E-state index contributed by atoms with van der Waals surface area (Å²) in [5.74, 6) is -1.10. The SMILES string of the molecule is O=C(O)CCCCCNC(=O)c1cnc(Cl)cn1. The molecule has 0 spiro atoms. The van der Waals surface area contributed by atoms with Crippen molar-refractivity contribution in [1.82, 2.24) is 15.3 Å². The van der Waals surface area contributed by atoms with E-state index in [4.69, 9.17) is 16.7 Å². The average Bonchev–Trinajstić information content (AvgIpc) is 2.34. The Balaban J connectivity index is 2.17. The van der Waals surface area contributed by atoms with Gasteiger partial charge in [0.25, 0.3) is 5.91 Å². The summed E-state index contributed by atoms with van der Waals surface area (Å²) in [6.07, 6.45) is 4.90. The number of nitrogens with zero attached hydrogens (tertiary/aromatic N) is 2. The minimum absolute atomic E-state index is 0.163. The van der Waals surface area contributed by atoms with Crippen molar-refractivity contribution in [3.8, 4) is 0 Å². The molecule has 0 bridgehead atoms. The molecule has 0 aliphatic heterocycles. The molecule has 1 amide bonds. The number of nitrogens with one attached hydrogen (secondary N) is 1. The van der Waals surface area contributed by atoms with Crippen molar-refractivity contribution in [3.63, 3.8) is 0 Å². The van der Waals surface area contributed by atoms with Crippen LogP contribution in [0.3, 0.4) is 0 Å². The number of unbranched alkanes of at least 4 members (excludes halogenated alkanes) is 2. The number of halogens is 1. The van der Waals surface area contributed by atoms with Crippen LogP contribution >= 0.6 is 11.6 Å². The van der Waals surface area contributed by atoms with Gasteiger partial charge in [0.15, 0.2) is 0 Å². The lowest BCUT2D eigenvalue weighted by atomic mass is 10.2. The van der Waals surface area contributed by atoms with E-state index in [2.05, 4.69) is 15.3 Å². The standard InChI is InChI=1S/C11H14ClN3O3/c12-9-7-14-8(6-15-9)11(18)13-5-3-1-2-4-10(16)17/h6-7H,1-5H2,(H,13,18)(H,16,17). The van der Waals surface area contributed by atoms with Gasteiger partial charge in [-0.1, -0.05) is 18.0 Å². The van der Waals surface area contributed by atoms with Gasteiger partial charge in [0.2, 0.25) is 0 Å². The zero-order chi connectivity index (χ0) is 13.4. The Labute approximate surface area is 109 Å². The van der Waals surface area contributed by atoms with E-state index in [0.717, 1.165) is 12.8 Å². The van der Waals surface area contributed by atoms with Gasteiger partial charge in [-0.25, -0.2) is 9.97 Å². The molecule has 1 aromatic rings. The number of carboxylic acid groups (broad SMARTS) is 1. The molecule has 6 nitrogen and oxygen atoms in total. The van der Waals surface area contributed by atoms with E-state index >= 15 is 0 Å². The third-order valence-electron chi connectivity index (χ3n) is 2.21. The first kappa shape index (κ1) is 14.4. The molecule has 1 heterocycles.